The minimum Gasteiger partial charge on any atom is -0.379 e. The number of rotatable bonds is 5. The van der Waals surface area contributed by atoms with Crippen LogP contribution in [-0.4, -0.2) is 29.5 Å². The van der Waals surface area contributed by atoms with Crippen LogP contribution in [0.1, 0.15) is 24.2 Å². The molecule has 0 aliphatic carbocycles. The summed E-state index contributed by atoms with van der Waals surface area (Å²) in [5.41, 5.74) is 7.42. The summed E-state index contributed by atoms with van der Waals surface area (Å²) in [6, 6.07) is 4.28. The predicted octanol–water partition coefficient (Wildman–Crippen LogP) is 1.99. The van der Waals surface area contributed by atoms with Crippen LogP contribution in [0.2, 0.25) is 0 Å². The van der Waals surface area contributed by atoms with Crippen LogP contribution in [0.5, 0.6) is 0 Å². The summed E-state index contributed by atoms with van der Waals surface area (Å²) < 4.78 is 5.21. The van der Waals surface area contributed by atoms with E-state index in [2.05, 4.69) is 18.0 Å². The van der Waals surface area contributed by atoms with Gasteiger partial charge in [-0.25, -0.2) is 0 Å². The van der Waals surface area contributed by atoms with E-state index in [1.807, 2.05) is 24.0 Å². The second-order valence-electron chi connectivity index (χ2n) is 4.07. The molecule has 2 rings (SSSR count). The molecule has 4 heteroatoms. The molecular formula is C12H18N2OS. The van der Waals surface area contributed by atoms with Crippen LogP contribution in [0, 0.1) is 0 Å². The Morgan fingerprint density at radius 1 is 1.62 bits per heavy atom. The van der Waals surface area contributed by atoms with Crippen LogP contribution in [0.4, 0.5) is 0 Å². The minimum atomic E-state index is 0.190. The van der Waals surface area contributed by atoms with E-state index in [0.29, 0.717) is 10.5 Å². The van der Waals surface area contributed by atoms with Crippen molar-refractivity contribution in [3.63, 3.8) is 0 Å². The lowest BCUT2D eigenvalue weighted by molar-refractivity contribution is 0.0452. The fourth-order valence-corrected chi connectivity index (χ4v) is 3.14. The molecule has 3 nitrogen and oxygen atoms in total. The monoisotopic (exact) mass is 238 g/mol. The Morgan fingerprint density at radius 2 is 2.44 bits per heavy atom. The van der Waals surface area contributed by atoms with Crippen LogP contribution >= 0.6 is 11.8 Å². The van der Waals surface area contributed by atoms with Crippen LogP contribution in [-0.2, 0) is 4.74 Å². The topological polar surface area (TPSA) is 48.1 Å². The van der Waals surface area contributed by atoms with E-state index in [9.17, 15) is 0 Å². The van der Waals surface area contributed by atoms with Gasteiger partial charge in [0.15, 0.2) is 0 Å². The molecule has 88 valence electrons. The van der Waals surface area contributed by atoms with Gasteiger partial charge in [-0.1, -0.05) is 13.0 Å². The highest BCUT2D eigenvalue weighted by atomic mass is 32.2. The number of aromatic nitrogens is 1. The summed E-state index contributed by atoms with van der Waals surface area (Å²) in [4.78, 5) is 4.17. The number of hydrogen-bond donors (Lipinski definition) is 1. The zero-order chi connectivity index (χ0) is 11.4. The third-order valence-corrected chi connectivity index (χ3v) is 4.39. The van der Waals surface area contributed by atoms with Crippen molar-refractivity contribution in [2.45, 2.75) is 29.9 Å². The molecule has 1 aromatic rings. The Hall–Kier alpha value is -0.580. The van der Waals surface area contributed by atoms with Gasteiger partial charge in [0.2, 0.25) is 0 Å². The first-order valence-corrected chi connectivity index (χ1v) is 6.64. The Labute approximate surface area is 101 Å². The summed E-state index contributed by atoms with van der Waals surface area (Å²) in [5.74, 6) is 0. The average molecular weight is 238 g/mol. The molecular weight excluding hydrogens is 220 g/mol. The molecule has 1 saturated heterocycles. The van der Waals surface area contributed by atoms with Gasteiger partial charge in [-0.3, -0.25) is 4.98 Å². The molecule has 0 saturated carbocycles. The molecule has 2 heterocycles. The van der Waals surface area contributed by atoms with Crippen molar-refractivity contribution < 1.29 is 4.74 Å². The van der Waals surface area contributed by atoms with Crippen molar-refractivity contribution in [2.24, 2.45) is 5.73 Å². The van der Waals surface area contributed by atoms with Crippen molar-refractivity contribution in [2.75, 3.05) is 13.2 Å². The van der Waals surface area contributed by atoms with Crippen LogP contribution < -0.4 is 5.73 Å². The SMILES string of the molecule is CCC(N)C(SC1COC1)c1cccnc1. The lowest BCUT2D eigenvalue weighted by Gasteiger charge is -2.32. The molecule has 2 unspecified atom stereocenters. The molecule has 0 amide bonds. The molecule has 1 fully saturated rings. The molecule has 16 heavy (non-hydrogen) atoms. The van der Waals surface area contributed by atoms with Gasteiger partial charge in [-0.05, 0) is 18.1 Å². The number of nitrogens with zero attached hydrogens (tertiary/aromatic N) is 1. The average Bonchev–Trinajstić information content (AvgIpc) is 2.28. The molecule has 1 aliphatic rings. The zero-order valence-electron chi connectivity index (χ0n) is 9.50. The predicted molar refractivity (Wildman–Crippen MR) is 67.4 cm³/mol. The molecule has 0 aromatic carbocycles. The third kappa shape index (κ3) is 2.75. The van der Waals surface area contributed by atoms with Crippen molar-refractivity contribution >= 4 is 11.8 Å². The third-order valence-electron chi connectivity index (χ3n) is 2.82. The Kier molecular flexibility index (Phi) is 4.21. The largest absolute Gasteiger partial charge is 0.379 e. The van der Waals surface area contributed by atoms with E-state index in [1.54, 1.807) is 6.20 Å². The van der Waals surface area contributed by atoms with Gasteiger partial charge in [0.05, 0.1) is 18.5 Å². The molecule has 0 radical (unpaired) electrons. The van der Waals surface area contributed by atoms with Crippen molar-refractivity contribution in [3.05, 3.63) is 30.1 Å². The van der Waals surface area contributed by atoms with E-state index in [1.165, 1.54) is 5.56 Å². The van der Waals surface area contributed by atoms with Gasteiger partial charge >= 0.3 is 0 Å². The molecule has 1 aromatic heterocycles. The van der Waals surface area contributed by atoms with Gasteiger partial charge in [0.25, 0.3) is 0 Å². The van der Waals surface area contributed by atoms with E-state index < -0.39 is 0 Å². The number of nitrogens with two attached hydrogens (primary N) is 1. The Balaban J connectivity index is 2.07. The van der Waals surface area contributed by atoms with E-state index in [0.717, 1.165) is 19.6 Å². The van der Waals surface area contributed by atoms with Gasteiger partial charge in [0, 0.05) is 23.7 Å². The van der Waals surface area contributed by atoms with Gasteiger partial charge in [0.1, 0.15) is 0 Å². The van der Waals surface area contributed by atoms with E-state index in [-0.39, 0.29) is 6.04 Å². The normalized spacial score (nSPS) is 20.1. The number of hydrogen-bond acceptors (Lipinski definition) is 4. The Bertz CT molecular complexity index is 316. The van der Waals surface area contributed by atoms with Crippen LogP contribution in [0.3, 0.4) is 0 Å². The van der Waals surface area contributed by atoms with Crippen molar-refractivity contribution in [1.29, 1.82) is 0 Å². The fraction of sp³-hybridized carbons (Fsp3) is 0.583. The smallest absolute Gasteiger partial charge is 0.0608 e. The van der Waals surface area contributed by atoms with Crippen molar-refractivity contribution in [1.82, 2.24) is 4.98 Å². The lowest BCUT2D eigenvalue weighted by atomic mass is 10.1. The molecule has 0 bridgehead atoms. The molecule has 2 atom stereocenters. The highest BCUT2D eigenvalue weighted by molar-refractivity contribution is 8.00. The second kappa shape index (κ2) is 5.66. The standard InChI is InChI=1S/C12H18N2OS/c1-2-11(13)12(16-10-7-15-8-10)9-4-3-5-14-6-9/h3-6,10-12H,2,7-8,13H2,1H3. The number of pyridine rings is 1. The summed E-state index contributed by atoms with van der Waals surface area (Å²) in [7, 11) is 0. The van der Waals surface area contributed by atoms with Crippen LogP contribution in [0.15, 0.2) is 24.5 Å². The summed E-state index contributed by atoms with van der Waals surface area (Å²) in [6.45, 7) is 3.85. The maximum absolute atomic E-state index is 6.19. The van der Waals surface area contributed by atoms with Gasteiger partial charge in [-0.2, -0.15) is 0 Å². The zero-order valence-corrected chi connectivity index (χ0v) is 10.3. The number of ether oxygens (including phenoxy) is 1. The maximum Gasteiger partial charge on any atom is 0.0608 e. The lowest BCUT2D eigenvalue weighted by Crippen LogP contribution is -2.35. The quantitative estimate of drug-likeness (QED) is 0.852. The first-order valence-electron chi connectivity index (χ1n) is 5.70. The second-order valence-corrected chi connectivity index (χ2v) is 5.52. The molecule has 2 N–H and O–H groups in total. The van der Waals surface area contributed by atoms with Crippen LogP contribution in [0.25, 0.3) is 0 Å². The molecule has 1 aliphatic heterocycles. The first kappa shape index (κ1) is 11.9. The fourth-order valence-electron chi connectivity index (χ4n) is 1.69. The van der Waals surface area contributed by atoms with Gasteiger partial charge in [-0.15, -0.1) is 11.8 Å². The summed E-state index contributed by atoms with van der Waals surface area (Å²) >= 11 is 1.93. The summed E-state index contributed by atoms with van der Waals surface area (Å²) in [5, 5.41) is 0.940. The maximum atomic E-state index is 6.19. The minimum absolute atomic E-state index is 0.190. The summed E-state index contributed by atoms with van der Waals surface area (Å²) in [6.07, 6.45) is 4.71. The Morgan fingerprint density at radius 3 is 2.94 bits per heavy atom. The highest BCUT2D eigenvalue weighted by Crippen LogP contribution is 2.37. The molecule has 0 spiro atoms. The highest BCUT2D eigenvalue weighted by Gasteiger charge is 2.27. The van der Waals surface area contributed by atoms with E-state index >= 15 is 0 Å². The number of thioether (sulfide) groups is 1. The van der Waals surface area contributed by atoms with Gasteiger partial charge < -0.3 is 10.5 Å². The first-order chi connectivity index (χ1) is 7.81. The van der Waals surface area contributed by atoms with Crippen molar-refractivity contribution in [3.8, 4) is 0 Å². The van der Waals surface area contributed by atoms with E-state index in [4.69, 9.17) is 10.5 Å².